The van der Waals surface area contributed by atoms with Crippen molar-refractivity contribution in [3.8, 4) is 11.5 Å². The van der Waals surface area contributed by atoms with E-state index in [2.05, 4.69) is 31.1 Å². The van der Waals surface area contributed by atoms with Gasteiger partial charge >= 0.3 is 0 Å². The van der Waals surface area contributed by atoms with E-state index in [9.17, 15) is 17.6 Å². The Morgan fingerprint density at radius 1 is 1.13 bits per heavy atom. The van der Waals surface area contributed by atoms with Gasteiger partial charge in [0.05, 0.1) is 16.5 Å². The van der Waals surface area contributed by atoms with Crippen LogP contribution >= 0.6 is 15.9 Å². The van der Waals surface area contributed by atoms with Gasteiger partial charge in [0.15, 0.2) is 17.3 Å². The van der Waals surface area contributed by atoms with Crippen LogP contribution in [0.15, 0.2) is 86.7 Å². The van der Waals surface area contributed by atoms with Crippen LogP contribution in [0, 0.1) is 12.7 Å². The first-order valence-corrected chi connectivity index (χ1v) is 13.7. The van der Waals surface area contributed by atoms with E-state index >= 15 is 0 Å². The van der Waals surface area contributed by atoms with Crippen LogP contribution in [0.3, 0.4) is 0 Å². The normalized spacial score (nSPS) is 11.4. The zero-order chi connectivity index (χ0) is 28.0. The average molecular weight is 616 g/mol. The molecule has 0 fully saturated rings. The van der Waals surface area contributed by atoms with Crippen molar-refractivity contribution in [2.75, 3.05) is 17.1 Å². The van der Waals surface area contributed by atoms with Crippen LogP contribution in [0.4, 0.5) is 15.9 Å². The third-order valence-electron chi connectivity index (χ3n) is 5.31. The number of carbonyl (C=O) groups excluding carboxylic acids is 1. The predicted octanol–water partition coefficient (Wildman–Crippen LogP) is 5.92. The van der Waals surface area contributed by atoms with Crippen molar-refractivity contribution >= 4 is 49.4 Å². The highest BCUT2D eigenvalue weighted by Gasteiger charge is 2.16. The summed E-state index contributed by atoms with van der Waals surface area (Å²) in [4.78, 5) is 12.4. The number of ether oxygens (including phenoxy) is 2. The minimum absolute atomic E-state index is 0.00838. The molecule has 9 nitrogen and oxygen atoms in total. The molecule has 0 aliphatic rings. The number of hydrogen-bond acceptors (Lipinski definition) is 7. The van der Waals surface area contributed by atoms with Crippen molar-refractivity contribution < 1.29 is 31.6 Å². The lowest BCUT2D eigenvalue weighted by atomic mass is 10.1. The van der Waals surface area contributed by atoms with E-state index in [0.717, 1.165) is 0 Å². The first-order chi connectivity index (χ1) is 18.6. The lowest BCUT2D eigenvalue weighted by molar-refractivity contribution is -0.111. The second-order valence-electron chi connectivity index (χ2n) is 8.19. The molecule has 2 N–H and O–H groups in total. The zero-order valence-corrected chi connectivity index (χ0v) is 23.2. The molecule has 0 aliphatic heterocycles. The Hall–Kier alpha value is -4.16. The van der Waals surface area contributed by atoms with Gasteiger partial charge in [-0.1, -0.05) is 23.4 Å². The van der Waals surface area contributed by atoms with Crippen molar-refractivity contribution in [1.82, 2.24) is 5.16 Å². The number of aromatic nitrogens is 1. The van der Waals surface area contributed by atoms with E-state index in [1.807, 2.05) is 0 Å². The largest absolute Gasteiger partial charge is 0.493 e. The molecule has 0 radical (unpaired) electrons. The molecule has 0 saturated carbocycles. The highest BCUT2D eigenvalue weighted by atomic mass is 79.9. The Balaban J connectivity index is 1.39. The van der Waals surface area contributed by atoms with Gasteiger partial charge < -0.3 is 19.3 Å². The van der Waals surface area contributed by atoms with Crippen LogP contribution < -0.4 is 19.5 Å². The van der Waals surface area contributed by atoms with Crippen molar-refractivity contribution in [2.24, 2.45) is 0 Å². The molecule has 1 amide bonds. The summed E-state index contributed by atoms with van der Waals surface area (Å²) in [6.07, 6.45) is 2.89. The molecule has 39 heavy (non-hydrogen) atoms. The minimum atomic E-state index is -3.87. The van der Waals surface area contributed by atoms with Crippen LogP contribution in [0.2, 0.25) is 0 Å². The molecule has 12 heteroatoms. The number of carbonyl (C=O) groups is 1. The number of benzene rings is 3. The molecule has 0 bridgehead atoms. The third kappa shape index (κ3) is 7.24. The summed E-state index contributed by atoms with van der Waals surface area (Å²) in [5.41, 5.74) is 1.44. The summed E-state index contributed by atoms with van der Waals surface area (Å²) < 4.78 is 57.9. The number of anilines is 2. The van der Waals surface area contributed by atoms with Crippen LogP contribution in [-0.4, -0.2) is 26.6 Å². The summed E-state index contributed by atoms with van der Waals surface area (Å²) in [5.74, 6) is 0.527. The molecular weight excluding hydrogens is 593 g/mol. The van der Waals surface area contributed by atoms with Crippen molar-refractivity contribution in [2.45, 2.75) is 18.4 Å². The number of rotatable bonds is 10. The van der Waals surface area contributed by atoms with E-state index in [1.54, 1.807) is 43.3 Å². The fourth-order valence-corrected chi connectivity index (χ4v) is 4.98. The number of amides is 1. The Morgan fingerprint density at radius 3 is 2.54 bits per heavy atom. The lowest BCUT2D eigenvalue weighted by Gasteiger charge is -2.14. The first kappa shape index (κ1) is 27.9. The molecule has 0 unspecified atom stereocenters. The second kappa shape index (κ2) is 12.1. The van der Waals surface area contributed by atoms with Crippen molar-refractivity contribution in [1.29, 1.82) is 0 Å². The van der Waals surface area contributed by atoms with Crippen molar-refractivity contribution in [3.63, 3.8) is 0 Å². The Labute approximate surface area is 232 Å². The summed E-state index contributed by atoms with van der Waals surface area (Å²) in [6.45, 7) is 1.65. The van der Waals surface area contributed by atoms with Gasteiger partial charge in [-0.2, -0.15) is 0 Å². The first-order valence-electron chi connectivity index (χ1n) is 11.4. The fourth-order valence-electron chi connectivity index (χ4n) is 3.43. The van der Waals surface area contributed by atoms with Gasteiger partial charge in [-0.05, 0) is 77.0 Å². The molecule has 0 saturated heterocycles. The molecular formula is C27H23BrFN3O6S. The number of nitrogens with zero attached hydrogens (tertiary/aromatic N) is 1. The second-order valence-corrected chi connectivity index (χ2v) is 10.7. The predicted molar refractivity (Wildman–Crippen MR) is 148 cm³/mol. The summed E-state index contributed by atoms with van der Waals surface area (Å²) in [5, 5.41) is 6.28. The highest BCUT2D eigenvalue weighted by molar-refractivity contribution is 9.10. The number of methoxy groups -OCH3 is 1. The van der Waals surface area contributed by atoms with Gasteiger partial charge in [0.1, 0.15) is 18.2 Å². The molecule has 4 aromatic rings. The van der Waals surface area contributed by atoms with Crippen molar-refractivity contribution in [3.05, 3.63) is 100.0 Å². The van der Waals surface area contributed by atoms with Crippen LogP contribution in [0.5, 0.6) is 11.5 Å². The topological polar surface area (TPSA) is 120 Å². The lowest BCUT2D eigenvalue weighted by Crippen LogP contribution is -2.13. The number of sulfonamides is 1. The van der Waals surface area contributed by atoms with E-state index in [-0.39, 0.29) is 23.1 Å². The smallest absolute Gasteiger partial charge is 0.263 e. The maximum atomic E-state index is 13.9. The van der Waals surface area contributed by atoms with E-state index < -0.39 is 15.9 Å². The Bertz CT molecular complexity index is 1620. The van der Waals surface area contributed by atoms with Crippen LogP contribution in [-0.2, 0) is 21.4 Å². The summed E-state index contributed by atoms with van der Waals surface area (Å²) >= 11 is 3.44. The number of nitrogens with one attached hydrogen (secondary N) is 2. The van der Waals surface area contributed by atoms with Gasteiger partial charge in [0.2, 0.25) is 5.91 Å². The molecule has 0 aliphatic carbocycles. The highest BCUT2D eigenvalue weighted by Crippen LogP contribution is 2.37. The quantitative estimate of drug-likeness (QED) is 0.212. The number of hydrogen-bond donors (Lipinski definition) is 2. The van der Waals surface area contributed by atoms with E-state index in [1.165, 1.54) is 49.6 Å². The van der Waals surface area contributed by atoms with Gasteiger partial charge in [0, 0.05) is 23.4 Å². The van der Waals surface area contributed by atoms with Gasteiger partial charge in [-0.25, -0.2) is 12.8 Å². The molecule has 0 atom stereocenters. The molecule has 3 aromatic carbocycles. The van der Waals surface area contributed by atoms with E-state index in [4.69, 9.17) is 14.0 Å². The summed E-state index contributed by atoms with van der Waals surface area (Å²) in [7, 11) is -2.40. The van der Waals surface area contributed by atoms with Gasteiger partial charge in [-0.3, -0.25) is 9.52 Å². The number of aryl methyl sites for hydroxylation is 1. The SMILES string of the molecule is COc1cc(/C=C/C(=O)Nc2ccc(S(=O)(=O)Nc3cc(C)on3)cc2)cc(Br)c1OCc1ccccc1F. The maximum absolute atomic E-state index is 13.9. The molecule has 202 valence electrons. The Kier molecular flexibility index (Phi) is 8.67. The third-order valence-corrected chi connectivity index (χ3v) is 7.27. The minimum Gasteiger partial charge on any atom is -0.493 e. The fraction of sp³-hybridized carbons (Fsp3) is 0.111. The molecule has 1 heterocycles. The molecule has 1 aromatic heterocycles. The van der Waals surface area contributed by atoms with Gasteiger partial charge in [-0.15, -0.1) is 0 Å². The monoisotopic (exact) mass is 615 g/mol. The van der Waals surface area contributed by atoms with Gasteiger partial charge in [0.25, 0.3) is 10.0 Å². The number of halogens is 2. The molecule has 4 rings (SSSR count). The summed E-state index contributed by atoms with van der Waals surface area (Å²) in [6, 6.07) is 16.8. The standard InChI is InChI=1S/C27H23BrFN3O6S/c1-17-13-25(31-38-17)32-39(34,35)21-10-8-20(9-11-21)30-26(33)12-7-18-14-22(28)27(24(15-18)36-2)37-16-19-5-3-4-6-23(19)29/h3-15H,16H2,1-2H3,(H,30,33)(H,31,32)/b12-7+. The maximum Gasteiger partial charge on any atom is 0.263 e. The molecule has 0 spiro atoms. The van der Waals surface area contributed by atoms with Crippen LogP contribution in [0.1, 0.15) is 16.9 Å². The average Bonchev–Trinajstić information content (AvgIpc) is 3.31. The van der Waals surface area contributed by atoms with Crippen LogP contribution in [0.25, 0.3) is 6.08 Å². The van der Waals surface area contributed by atoms with E-state index in [0.29, 0.717) is 38.5 Å². The Morgan fingerprint density at radius 2 is 1.87 bits per heavy atom. The zero-order valence-electron chi connectivity index (χ0n) is 20.8.